The third-order valence-corrected chi connectivity index (χ3v) is 8.03. The first-order valence-electron chi connectivity index (χ1n) is 11.5. The molecule has 1 fully saturated rings. The lowest BCUT2D eigenvalue weighted by Crippen LogP contribution is -2.44. The summed E-state index contributed by atoms with van der Waals surface area (Å²) >= 11 is 5.97. The number of carbonyl (C=O) groups is 2. The lowest BCUT2D eigenvalue weighted by atomic mass is 9.87. The van der Waals surface area contributed by atoms with Gasteiger partial charge < -0.3 is 14.6 Å². The Morgan fingerprint density at radius 1 is 1.11 bits per heavy atom. The van der Waals surface area contributed by atoms with Gasteiger partial charge in [0.25, 0.3) is 11.8 Å². The number of aromatic nitrogens is 1. The van der Waals surface area contributed by atoms with E-state index in [9.17, 15) is 14.2 Å². The molecule has 9 heteroatoms. The molecule has 2 atom stereocenters. The Balaban J connectivity index is 1.76. The number of hydrogen-bond acceptors (Lipinski definition) is 5. The number of amides is 2. The molecule has 4 rings (SSSR count). The number of ether oxygens (including phenoxy) is 1. The Morgan fingerprint density at radius 2 is 1.75 bits per heavy atom. The van der Waals surface area contributed by atoms with Crippen molar-refractivity contribution < 1.29 is 18.9 Å². The summed E-state index contributed by atoms with van der Waals surface area (Å²) in [5.41, 5.74) is 3.76. The fraction of sp³-hybridized carbons (Fsp3) is 0.296. The number of pyridine rings is 1. The van der Waals surface area contributed by atoms with Crippen molar-refractivity contribution in [1.82, 2.24) is 10.3 Å². The molecule has 1 aliphatic heterocycles. The molecule has 1 saturated heterocycles. The van der Waals surface area contributed by atoms with Crippen molar-refractivity contribution in [2.75, 3.05) is 31.9 Å². The Labute approximate surface area is 216 Å². The molecule has 188 valence electrons. The van der Waals surface area contributed by atoms with Crippen molar-refractivity contribution >= 4 is 41.8 Å². The highest BCUT2D eigenvalue weighted by atomic mass is 35.5. The summed E-state index contributed by atoms with van der Waals surface area (Å²) in [4.78, 5) is 33.0. The number of nitrogens with zero attached hydrogens (tertiary/aromatic N) is 2. The van der Waals surface area contributed by atoms with Crippen molar-refractivity contribution in [1.29, 1.82) is 0 Å². The van der Waals surface area contributed by atoms with E-state index < -0.39 is 13.2 Å². The van der Waals surface area contributed by atoms with Crippen LogP contribution in [0.3, 0.4) is 0 Å². The highest BCUT2D eigenvalue weighted by molar-refractivity contribution is 7.69. The quantitative estimate of drug-likeness (QED) is 0.477. The molecule has 7 nitrogen and oxygen atoms in total. The smallest absolute Gasteiger partial charge is 0.251 e. The SMILES string of the molecule is COc1cc(C)c([C@@H]2CN(c3cccc(P(C)(C)=O)n3)C(=O)[C@H]2NC(=O)c2ccc(Cl)cc2)c(C)c1. The highest BCUT2D eigenvalue weighted by Gasteiger charge is 2.44. The molecule has 3 aromatic rings. The topological polar surface area (TPSA) is 88.6 Å². The van der Waals surface area contributed by atoms with Crippen LogP contribution in [0.2, 0.25) is 5.02 Å². The molecular formula is C27H29ClN3O4P. The van der Waals surface area contributed by atoms with Gasteiger partial charge in [0.1, 0.15) is 30.2 Å². The lowest BCUT2D eigenvalue weighted by Gasteiger charge is -2.23. The van der Waals surface area contributed by atoms with Gasteiger partial charge in [0, 0.05) is 23.0 Å². The van der Waals surface area contributed by atoms with Gasteiger partial charge in [-0.2, -0.15) is 0 Å². The van der Waals surface area contributed by atoms with Crippen LogP contribution in [0.15, 0.2) is 54.6 Å². The van der Waals surface area contributed by atoms with Gasteiger partial charge in [-0.15, -0.1) is 0 Å². The first-order valence-corrected chi connectivity index (χ1v) is 14.5. The first kappa shape index (κ1) is 25.9. The van der Waals surface area contributed by atoms with E-state index in [1.807, 2.05) is 26.0 Å². The molecule has 0 spiro atoms. The van der Waals surface area contributed by atoms with Gasteiger partial charge in [-0.1, -0.05) is 17.7 Å². The van der Waals surface area contributed by atoms with Gasteiger partial charge in [0.05, 0.1) is 7.11 Å². The highest BCUT2D eigenvalue weighted by Crippen LogP contribution is 2.38. The number of hydrogen-bond donors (Lipinski definition) is 1. The lowest BCUT2D eigenvalue weighted by molar-refractivity contribution is -0.118. The van der Waals surface area contributed by atoms with E-state index in [1.165, 1.54) is 0 Å². The molecule has 1 aromatic heterocycles. The average molecular weight is 526 g/mol. The maximum Gasteiger partial charge on any atom is 0.251 e. The van der Waals surface area contributed by atoms with Crippen molar-refractivity contribution in [3.8, 4) is 5.75 Å². The van der Waals surface area contributed by atoms with E-state index in [1.54, 1.807) is 67.8 Å². The molecule has 2 amide bonds. The third-order valence-electron chi connectivity index (χ3n) is 6.43. The molecule has 2 heterocycles. The normalized spacial score (nSPS) is 17.8. The number of benzene rings is 2. The van der Waals surface area contributed by atoms with Crippen LogP contribution in [-0.2, 0) is 9.36 Å². The maximum atomic E-state index is 13.8. The minimum Gasteiger partial charge on any atom is -0.497 e. The van der Waals surface area contributed by atoms with Crippen molar-refractivity contribution in [3.63, 3.8) is 0 Å². The zero-order chi connectivity index (χ0) is 26.2. The molecule has 36 heavy (non-hydrogen) atoms. The van der Waals surface area contributed by atoms with E-state index >= 15 is 0 Å². The molecule has 0 unspecified atom stereocenters. The largest absolute Gasteiger partial charge is 0.497 e. The zero-order valence-electron chi connectivity index (χ0n) is 20.9. The van der Waals surface area contributed by atoms with Crippen LogP contribution in [-0.4, -0.2) is 49.8 Å². The van der Waals surface area contributed by atoms with Crippen molar-refractivity contribution in [2.45, 2.75) is 25.8 Å². The third kappa shape index (κ3) is 5.18. The van der Waals surface area contributed by atoms with Crippen molar-refractivity contribution in [2.24, 2.45) is 0 Å². The first-order chi connectivity index (χ1) is 17.0. The molecule has 1 aliphatic rings. The second-order valence-corrected chi connectivity index (χ2v) is 13.0. The number of halogens is 1. The average Bonchev–Trinajstić information content (AvgIpc) is 3.14. The second kappa shape index (κ2) is 10.1. The standard InChI is InChI=1S/C27H29ClN3O4P/c1-16-13-20(35-3)14-17(2)24(16)21-15-31(22-7-6-8-23(29-22)36(4,5)34)27(33)25(21)30-26(32)18-9-11-19(28)12-10-18/h6-14,21,25H,15H2,1-5H3,(H,30,32)/t21-,25-/m0/s1. The summed E-state index contributed by atoms with van der Waals surface area (Å²) in [7, 11) is -1.01. The number of rotatable bonds is 6. The molecule has 0 radical (unpaired) electrons. The Morgan fingerprint density at radius 3 is 2.33 bits per heavy atom. The van der Waals surface area contributed by atoms with Gasteiger partial charge >= 0.3 is 0 Å². The second-order valence-electron chi connectivity index (χ2n) is 9.39. The fourth-order valence-electron chi connectivity index (χ4n) is 4.68. The van der Waals surface area contributed by atoms with Gasteiger partial charge in [-0.3, -0.25) is 14.5 Å². The Kier molecular flexibility index (Phi) is 7.26. The summed E-state index contributed by atoms with van der Waals surface area (Å²) in [5, 5.41) is 3.47. The van der Waals surface area contributed by atoms with Gasteiger partial charge in [0.2, 0.25) is 0 Å². The minimum absolute atomic E-state index is 0.274. The molecule has 2 aromatic carbocycles. The minimum atomic E-state index is -2.63. The summed E-state index contributed by atoms with van der Waals surface area (Å²) < 4.78 is 18.1. The summed E-state index contributed by atoms with van der Waals surface area (Å²) in [6.45, 7) is 7.55. The van der Waals surface area contributed by atoms with E-state index in [0.717, 1.165) is 22.4 Å². The number of anilines is 1. The van der Waals surface area contributed by atoms with Crippen LogP contribution in [0.4, 0.5) is 5.82 Å². The number of methoxy groups -OCH3 is 1. The van der Waals surface area contributed by atoms with Crippen LogP contribution in [0.5, 0.6) is 5.75 Å². The predicted molar refractivity (Wildman–Crippen MR) is 144 cm³/mol. The maximum absolute atomic E-state index is 13.8. The molecule has 0 saturated carbocycles. The molecular weight excluding hydrogens is 497 g/mol. The molecule has 0 bridgehead atoms. The van der Waals surface area contributed by atoms with Crippen LogP contribution < -0.4 is 20.4 Å². The Hall–Kier alpha value is -3.15. The molecule has 1 N–H and O–H groups in total. The van der Waals surface area contributed by atoms with Crippen LogP contribution >= 0.6 is 18.7 Å². The Bertz CT molecular complexity index is 1350. The predicted octanol–water partition coefficient (Wildman–Crippen LogP) is 4.54. The van der Waals surface area contributed by atoms with Gasteiger partial charge in [0.15, 0.2) is 0 Å². The summed E-state index contributed by atoms with van der Waals surface area (Å²) in [6, 6.07) is 14.7. The summed E-state index contributed by atoms with van der Waals surface area (Å²) in [6.07, 6.45) is 0. The zero-order valence-corrected chi connectivity index (χ0v) is 22.6. The summed E-state index contributed by atoms with van der Waals surface area (Å²) in [5.74, 6) is 0.170. The van der Waals surface area contributed by atoms with Gasteiger partial charge in [-0.05, 0) is 92.4 Å². The number of carbonyl (C=O) groups excluding carboxylic acids is 2. The van der Waals surface area contributed by atoms with E-state index in [2.05, 4.69) is 10.3 Å². The van der Waals surface area contributed by atoms with E-state index in [-0.39, 0.29) is 17.7 Å². The van der Waals surface area contributed by atoms with Crippen molar-refractivity contribution in [3.05, 3.63) is 81.9 Å². The monoisotopic (exact) mass is 525 g/mol. The van der Waals surface area contributed by atoms with Crippen LogP contribution in [0.25, 0.3) is 0 Å². The van der Waals surface area contributed by atoms with Gasteiger partial charge in [-0.25, -0.2) is 4.98 Å². The number of aryl methyl sites for hydroxylation is 2. The molecule has 0 aliphatic carbocycles. The van der Waals surface area contributed by atoms with Crippen LogP contribution in [0.1, 0.15) is 33.0 Å². The fourth-order valence-corrected chi connectivity index (χ4v) is 5.60. The van der Waals surface area contributed by atoms with Crippen LogP contribution in [0, 0.1) is 13.8 Å². The number of nitrogens with one attached hydrogen (secondary N) is 1. The van der Waals surface area contributed by atoms with E-state index in [0.29, 0.717) is 28.4 Å². The van der Waals surface area contributed by atoms with E-state index in [4.69, 9.17) is 16.3 Å².